The molecule has 3 nitrogen and oxygen atoms in total. The number of halogens is 1. The van der Waals surface area contributed by atoms with E-state index in [9.17, 15) is 9.90 Å². The van der Waals surface area contributed by atoms with Gasteiger partial charge in [-0.05, 0) is 31.0 Å². The summed E-state index contributed by atoms with van der Waals surface area (Å²) in [4.78, 5) is 13.8. The van der Waals surface area contributed by atoms with Gasteiger partial charge >= 0.3 is 0 Å². The van der Waals surface area contributed by atoms with E-state index in [4.69, 9.17) is 11.6 Å². The Morgan fingerprint density at radius 3 is 2.41 bits per heavy atom. The lowest BCUT2D eigenvalue weighted by molar-refractivity contribution is 0.0707. The molecular weight excluding hydrogens is 238 g/mol. The largest absolute Gasteiger partial charge is 0.506 e. The van der Waals surface area contributed by atoms with E-state index in [1.807, 2.05) is 6.92 Å². The topological polar surface area (TPSA) is 40.5 Å². The highest BCUT2D eigenvalue weighted by molar-refractivity contribution is 6.32. The molecule has 0 fully saturated rings. The molecule has 0 heterocycles. The summed E-state index contributed by atoms with van der Waals surface area (Å²) in [6.45, 7) is 6.14. The Labute approximate surface area is 107 Å². The molecule has 0 saturated heterocycles. The first-order valence-corrected chi connectivity index (χ1v) is 5.98. The van der Waals surface area contributed by atoms with Crippen LogP contribution in [0.1, 0.15) is 31.1 Å². The lowest BCUT2D eigenvalue weighted by Crippen LogP contribution is -2.38. The quantitative estimate of drug-likeness (QED) is 0.901. The van der Waals surface area contributed by atoms with Gasteiger partial charge in [-0.15, -0.1) is 0 Å². The van der Waals surface area contributed by atoms with E-state index in [2.05, 4.69) is 13.8 Å². The van der Waals surface area contributed by atoms with Gasteiger partial charge in [0.25, 0.3) is 5.91 Å². The van der Waals surface area contributed by atoms with E-state index in [-0.39, 0.29) is 22.7 Å². The van der Waals surface area contributed by atoms with Crippen LogP contribution < -0.4 is 0 Å². The number of phenols is 1. The van der Waals surface area contributed by atoms with Gasteiger partial charge < -0.3 is 10.0 Å². The van der Waals surface area contributed by atoms with Crippen molar-refractivity contribution in [3.05, 3.63) is 28.8 Å². The molecule has 1 aromatic rings. The highest BCUT2D eigenvalue weighted by Crippen LogP contribution is 2.24. The number of aromatic hydroxyl groups is 1. The number of rotatable bonds is 3. The third-order valence-electron chi connectivity index (χ3n) is 3.09. The molecule has 0 aliphatic heterocycles. The van der Waals surface area contributed by atoms with Gasteiger partial charge in [0.1, 0.15) is 5.75 Å². The predicted molar refractivity (Wildman–Crippen MR) is 69.5 cm³/mol. The number of hydrogen-bond donors (Lipinski definition) is 1. The first-order valence-electron chi connectivity index (χ1n) is 5.60. The Hall–Kier alpha value is -1.22. The molecule has 0 aromatic heterocycles. The van der Waals surface area contributed by atoms with Gasteiger partial charge in [-0.1, -0.05) is 25.4 Å². The minimum absolute atomic E-state index is 0.0113. The van der Waals surface area contributed by atoms with Gasteiger partial charge in [-0.3, -0.25) is 4.79 Å². The van der Waals surface area contributed by atoms with Crippen molar-refractivity contribution in [2.45, 2.75) is 26.8 Å². The molecule has 1 unspecified atom stereocenters. The molecule has 17 heavy (non-hydrogen) atoms. The van der Waals surface area contributed by atoms with Gasteiger partial charge in [0, 0.05) is 18.7 Å². The van der Waals surface area contributed by atoms with Crippen LogP contribution >= 0.6 is 11.6 Å². The number of phenolic OH excluding ortho intramolecular Hbond substituents is 1. The number of amides is 1. The van der Waals surface area contributed by atoms with Gasteiger partial charge in [0.15, 0.2) is 0 Å². The zero-order chi connectivity index (χ0) is 13.2. The summed E-state index contributed by atoms with van der Waals surface area (Å²) >= 11 is 5.78. The third kappa shape index (κ3) is 3.13. The fraction of sp³-hybridized carbons (Fsp3) is 0.462. The second kappa shape index (κ2) is 5.41. The van der Waals surface area contributed by atoms with Crippen LogP contribution in [-0.2, 0) is 0 Å². The van der Waals surface area contributed by atoms with Crippen LogP contribution in [0.2, 0.25) is 5.02 Å². The SMILES string of the molecule is CC(C)C(C)N(C)C(=O)c1ccc(O)c(Cl)c1. The summed E-state index contributed by atoms with van der Waals surface area (Å²) in [6, 6.07) is 4.65. The number of carbonyl (C=O) groups excluding carboxylic acids is 1. The minimum Gasteiger partial charge on any atom is -0.506 e. The zero-order valence-corrected chi connectivity index (χ0v) is 11.3. The fourth-order valence-corrected chi connectivity index (χ4v) is 1.66. The van der Waals surface area contributed by atoms with Crippen LogP contribution in [0.15, 0.2) is 18.2 Å². The molecule has 0 aliphatic rings. The Morgan fingerprint density at radius 1 is 1.35 bits per heavy atom. The van der Waals surface area contributed by atoms with E-state index in [1.165, 1.54) is 12.1 Å². The highest BCUT2D eigenvalue weighted by atomic mass is 35.5. The molecule has 0 aliphatic carbocycles. The van der Waals surface area contributed by atoms with E-state index < -0.39 is 0 Å². The van der Waals surface area contributed by atoms with E-state index in [1.54, 1.807) is 18.0 Å². The fourth-order valence-electron chi connectivity index (χ4n) is 1.48. The zero-order valence-electron chi connectivity index (χ0n) is 10.6. The van der Waals surface area contributed by atoms with Crippen LogP contribution in [0, 0.1) is 5.92 Å². The molecule has 94 valence electrons. The summed E-state index contributed by atoms with van der Waals surface area (Å²) < 4.78 is 0. The Bertz CT molecular complexity index is 418. The van der Waals surface area contributed by atoms with Crippen LogP contribution in [0.25, 0.3) is 0 Å². The van der Waals surface area contributed by atoms with Crippen molar-refractivity contribution in [3.63, 3.8) is 0 Å². The molecule has 1 aromatic carbocycles. The van der Waals surface area contributed by atoms with E-state index >= 15 is 0 Å². The molecule has 0 radical (unpaired) electrons. The maximum atomic E-state index is 12.1. The summed E-state index contributed by atoms with van der Waals surface area (Å²) in [5.74, 6) is 0.285. The predicted octanol–water partition coefficient (Wildman–Crippen LogP) is 3.16. The number of benzene rings is 1. The summed E-state index contributed by atoms with van der Waals surface area (Å²) in [6.07, 6.45) is 0. The maximum Gasteiger partial charge on any atom is 0.253 e. The first kappa shape index (κ1) is 13.8. The highest BCUT2D eigenvalue weighted by Gasteiger charge is 2.20. The number of nitrogens with zero attached hydrogens (tertiary/aromatic N) is 1. The standard InChI is InChI=1S/C13H18ClNO2/c1-8(2)9(3)15(4)13(17)10-5-6-12(16)11(14)7-10/h5-9,16H,1-4H3. The molecule has 1 amide bonds. The lowest BCUT2D eigenvalue weighted by atomic mass is 10.0. The average molecular weight is 256 g/mol. The third-order valence-corrected chi connectivity index (χ3v) is 3.39. The Kier molecular flexibility index (Phi) is 4.40. The van der Waals surface area contributed by atoms with Gasteiger partial charge in [0.2, 0.25) is 0 Å². The Balaban J connectivity index is 2.92. The normalized spacial score (nSPS) is 12.6. The monoisotopic (exact) mass is 255 g/mol. The van der Waals surface area contributed by atoms with Crippen LogP contribution in [-0.4, -0.2) is 29.0 Å². The van der Waals surface area contributed by atoms with Crippen molar-refractivity contribution in [3.8, 4) is 5.75 Å². The number of hydrogen-bond acceptors (Lipinski definition) is 2. The molecule has 1 N–H and O–H groups in total. The second-order valence-electron chi connectivity index (χ2n) is 4.57. The average Bonchev–Trinajstić information content (AvgIpc) is 2.29. The van der Waals surface area contributed by atoms with Crippen molar-refractivity contribution in [2.24, 2.45) is 5.92 Å². The van der Waals surface area contributed by atoms with Crippen LogP contribution in [0.3, 0.4) is 0 Å². The Morgan fingerprint density at radius 2 is 1.94 bits per heavy atom. The van der Waals surface area contributed by atoms with Gasteiger partial charge in [-0.2, -0.15) is 0 Å². The van der Waals surface area contributed by atoms with Crippen molar-refractivity contribution in [2.75, 3.05) is 7.05 Å². The van der Waals surface area contributed by atoms with Crippen molar-refractivity contribution in [1.82, 2.24) is 4.90 Å². The molecule has 1 atom stereocenters. The van der Waals surface area contributed by atoms with Crippen molar-refractivity contribution >= 4 is 17.5 Å². The van der Waals surface area contributed by atoms with E-state index in [0.717, 1.165) is 0 Å². The summed E-state index contributed by atoms with van der Waals surface area (Å²) in [5, 5.41) is 9.50. The van der Waals surface area contributed by atoms with Gasteiger partial charge in [0.05, 0.1) is 5.02 Å². The number of carbonyl (C=O) groups is 1. The smallest absolute Gasteiger partial charge is 0.253 e. The molecule has 4 heteroatoms. The lowest BCUT2D eigenvalue weighted by Gasteiger charge is -2.28. The molecule has 0 bridgehead atoms. The molecule has 0 saturated carbocycles. The summed E-state index contributed by atoms with van der Waals surface area (Å²) in [7, 11) is 1.77. The van der Waals surface area contributed by atoms with E-state index in [0.29, 0.717) is 11.5 Å². The first-order chi connectivity index (χ1) is 7.84. The summed E-state index contributed by atoms with van der Waals surface area (Å²) in [5.41, 5.74) is 0.489. The minimum atomic E-state index is -0.0897. The van der Waals surface area contributed by atoms with Crippen LogP contribution in [0.4, 0.5) is 0 Å². The molecular formula is C13H18ClNO2. The van der Waals surface area contributed by atoms with Crippen molar-refractivity contribution < 1.29 is 9.90 Å². The van der Waals surface area contributed by atoms with Crippen LogP contribution in [0.5, 0.6) is 5.75 Å². The van der Waals surface area contributed by atoms with Crippen molar-refractivity contribution in [1.29, 1.82) is 0 Å². The van der Waals surface area contributed by atoms with Gasteiger partial charge in [-0.25, -0.2) is 0 Å². The second-order valence-corrected chi connectivity index (χ2v) is 4.97. The maximum absolute atomic E-state index is 12.1. The molecule has 0 spiro atoms. The molecule has 1 rings (SSSR count).